The number of nitrogens with zero attached hydrogens (tertiary/aromatic N) is 1. The minimum Gasteiger partial charge on any atom is -0.369 e. The number of hydrogen-bond acceptors (Lipinski definition) is 3. The Morgan fingerprint density at radius 2 is 2.00 bits per heavy atom. The first-order chi connectivity index (χ1) is 7.69. The van der Waals surface area contributed by atoms with E-state index < -0.39 is 12.1 Å². The summed E-state index contributed by atoms with van der Waals surface area (Å²) in [7, 11) is 1.41. The summed E-state index contributed by atoms with van der Waals surface area (Å²) in [5.41, 5.74) is 0.653. The lowest BCUT2D eigenvalue weighted by atomic mass is 9.98. The zero-order valence-corrected chi connectivity index (χ0v) is 9.35. The Hall–Kier alpha value is -1.39. The van der Waals surface area contributed by atoms with Crippen LogP contribution < -0.4 is 4.90 Å². The van der Waals surface area contributed by atoms with Crippen molar-refractivity contribution in [2.24, 2.45) is 0 Å². The molecule has 16 heavy (non-hydrogen) atoms. The molecule has 0 spiro atoms. The van der Waals surface area contributed by atoms with Gasteiger partial charge in [0.05, 0.1) is 0 Å². The van der Waals surface area contributed by atoms with Gasteiger partial charge in [-0.15, -0.1) is 0 Å². The number of carbonyl (C=O) groups excluding carboxylic acids is 2. The maximum Gasteiger partial charge on any atom is 0.259 e. The van der Waals surface area contributed by atoms with Crippen LogP contribution in [0.2, 0.25) is 5.02 Å². The molecule has 1 amide bonds. The van der Waals surface area contributed by atoms with Gasteiger partial charge in [-0.3, -0.25) is 9.69 Å². The molecule has 1 aromatic carbocycles. The van der Waals surface area contributed by atoms with Gasteiger partial charge in [-0.1, -0.05) is 11.6 Å². The molecule has 0 saturated carbocycles. The molecule has 4 nitrogen and oxygen atoms in total. The minimum absolute atomic E-state index is 0.207. The van der Waals surface area contributed by atoms with Gasteiger partial charge in [0.2, 0.25) is 0 Å². The number of rotatable bonds is 3. The van der Waals surface area contributed by atoms with E-state index in [-0.39, 0.29) is 5.91 Å². The molecule has 0 N–H and O–H groups in total. The summed E-state index contributed by atoms with van der Waals surface area (Å²) in [6, 6.07) is 6.20. The summed E-state index contributed by atoms with van der Waals surface area (Å²) in [5.74, 6) is -0.207. The van der Waals surface area contributed by atoms with E-state index in [1.165, 1.54) is 12.0 Å². The molecule has 0 unspecified atom stereocenters. The minimum atomic E-state index is -0.659. The Labute approximate surface area is 97.7 Å². The van der Waals surface area contributed by atoms with Crippen LogP contribution in [0.25, 0.3) is 0 Å². The smallest absolute Gasteiger partial charge is 0.259 e. The van der Waals surface area contributed by atoms with Gasteiger partial charge in [0.25, 0.3) is 5.91 Å². The van der Waals surface area contributed by atoms with Gasteiger partial charge in [0.15, 0.2) is 6.10 Å². The van der Waals surface area contributed by atoms with Gasteiger partial charge in [0, 0.05) is 17.8 Å². The highest BCUT2D eigenvalue weighted by atomic mass is 35.5. The van der Waals surface area contributed by atoms with Crippen LogP contribution in [-0.2, 0) is 14.3 Å². The monoisotopic (exact) mass is 239 g/mol. The van der Waals surface area contributed by atoms with E-state index in [0.717, 1.165) is 0 Å². The molecular weight excluding hydrogens is 230 g/mol. The van der Waals surface area contributed by atoms with Crippen LogP contribution in [0.1, 0.15) is 0 Å². The number of benzene rings is 1. The SMILES string of the molecule is CO[C@@H]1C(=O)N(c2ccc(Cl)cc2)[C@@H]1C=O. The molecule has 1 aliphatic rings. The number of halogens is 1. The van der Waals surface area contributed by atoms with Gasteiger partial charge in [0.1, 0.15) is 12.3 Å². The average molecular weight is 240 g/mol. The van der Waals surface area contributed by atoms with Crippen molar-refractivity contribution < 1.29 is 14.3 Å². The summed E-state index contributed by atoms with van der Waals surface area (Å²) in [6.07, 6.45) is 0.0534. The second kappa shape index (κ2) is 4.23. The van der Waals surface area contributed by atoms with Gasteiger partial charge in [-0.25, -0.2) is 0 Å². The number of amides is 1. The Bertz CT molecular complexity index is 418. The van der Waals surface area contributed by atoms with Crippen molar-refractivity contribution in [3.8, 4) is 0 Å². The second-order valence-corrected chi connectivity index (χ2v) is 3.90. The molecule has 2 atom stereocenters. The van der Waals surface area contributed by atoms with Crippen LogP contribution in [0.4, 0.5) is 5.69 Å². The molecule has 0 aliphatic carbocycles. The van der Waals surface area contributed by atoms with Crippen LogP contribution in [0.5, 0.6) is 0 Å². The van der Waals surface area contributed by atoms with E-state index in [0.29, 0.717) is 17.0 Å². The number of hydrogen-bond donors (Lipinski definition) is 0. The van der Waals surface area contributed by atoms with Crippen molar-refractivity contribution in [2.75, 3.05) is 12.0 Å². The van der Waals surface area contributed by atoms with Crippen molar-refractivity contribution in [3.63, 3.8) is 0 Å². The van der Waals surface area contributed by atoms with E-state index in [9.17, 15) is 9.59 Å². The normalized spacial score (nSPS) is 24.1. The maximum atomic E-state index is 11.7. The average Bonchev–Trinajstić information content (AvgIpc) is 2.29. The first-order valence-electron chi connectivity index (χ1n) is 4.75. The fraction of sp³-hybridized carbons (Fsp3) is 0.273. The molecule has 0 aromatic heterocycles. The molecule has 0 radical (unpaired) electrons. The largest absolute Gasteiger partial charge is 0.369 e. The molecule has 1 fully saturated rings. The summed E-state index contributed by atoms with van der Waals surface area (Å²) >= 11 is 5.74. The summed E-state index contributed by atoms with van der Waals surface area (Å²) in [4.78, 5) is 23.9. The number of carbonyl (C=O) groups is 2. The highest BCUT2D eigenvalue weighted by Gasteiger charge is 2.48. The topological polar surface area (TPSA) is 46.6 Å². The number of ether oxygens (including phenoxy) is 1. The summed E-state index contributed by atoms with van der Waals surface area (Å²) < 4.78 is 4.93. The van der Waals surface area contributed by atoms with Crippen LogP contribution in [0.3, 0.4) is 0 Å². The van der Waals surface area contributed by atoms with Crippen LogP contribution in [0.15, 0.2) is 24.3 Å². The van der Waals surface area contributed by atoms with E-state index >= 15 is 0 Å². The van der Waals surface area contributed by atoms with Gasteiger partial charge in [-0.2, -0.15) is 0 Å². The van der Waals surface area contributed by atoms with Crippen LogP contribution in [0, 0.1) is 0 Å². The van der Waals surface area contributed by atoms with E-state index in [1.54, 1.807) is 24.3 Å². The maximum absolute atomic E-state index is 11.7. The van der Waals surface area contributed by atoms with Crippen LogP contribution >= 0.6 is 11.6 Å². The third-order valence-corrected chi connectivity index (χ3v) is 2.84. The fourth-order valence-electron chi connectivity index (χ4n) is 1.76. The lowest BCUT2D eigenvalue weighted by Crippen LogP contribution is -2.66. The molecule has 1 aliphatic heterocycles. The lowest BCUT2D eigenvalue weighted by molar-refractivity contribution is -0.142. The van der Waals surface area contributed by atoms with Crippen molar-refractivity contribution in [1.82, 2.24) is 0 Å². The zero-order chi connectivity index (χ0) is 11.7. The quantitative estimate of drug-likeness (QED) is 0.590. The van der Waals surface area contributed by atoms with E-state index in [2.05, 4.69) is 0 Å². The molecule has 2 rings (SSSR count). The number of anilines is 1. The highest BCUT2D eigenvalue weighted by Crippen LogP contribution is 2.29. The van der Waals surface area contributed by atoms with Gasteiger partial charge in [-0.05, 0) is 24.3 Å². The molecule has 84 valence electrons. The Morgan fingerprint density at radius 1 is 1.38 bits per heavy atom. The number of β-lactam (4-membered cyclic amide) rings is 1. The lowest BCUT2D eigenvalue weighted by Gasteiger charge is -2.42. The summed E-state index contributed by atoms with van der Waals surface area (Å²) in [5, 5.41) is 0.586. The molecular formula is C11H10ClNO3. The third-order valence-electron chi connectivity index (χ3n) is 2.59. The number of aldehydes is 1. The van der Waals surface area contributed by atoms with E-state index in [4.69, 9.17) is 16.3 Å². The Morgan fingerprint density at radius 3 is 2.50 bits per heavy atom. The Kier molecular flexibility index (Phi) is 2.94. The standard InChI is InChI=1S/C11H10ClNO3/c1-16-10-9(6-14)13(11(10)15)8-4-2-7(12)3-5-8/h2-6,9-10H,1H3/t9-,10+/m1/s1. The molecule has 1 aromatic rings. The summed E-state index contributed by atoms with van der Waals surface area (Å²) in [6.45, 7) is 0. The van der Waals surface area contributed by atoms with Crippen LogP contribution in [-0.4, -0.2) is 31.4 Å². The second-order valence-electron chi connectivity index (χ2n) is 3.47. The number of methoxy groups -OCH3 is 1. The zero-order valence-electron chi connectivity index (χ0n) is 8.59. The van der Waals surface area contributed by atoms with Gasteiger partial charge < -0.3 is 9.53 Å². The Balaban J connectivity index is 2.25. The highest BCUT2D eigenvalue weighted by molar-refractivity contribution is 6.30. The third kappa shape index (κ3) is 1.60. The first-order valence-corrected chi connectivity index (χ1v) is 5.13. The fourth-order valence-corrected chi connectivity index (χ4v) is 1.88. The van der Waals surface area contributed by atoms with E-state index in [1.807, 2.05) is 0 Å². The van der Waals surface area contributed by atoms with Crippen molar-refractivity contribution >= 4 is 29.5 Å². The molecule has 1 heterocycles. The van der Waals surface area contributed by atoms with Crippen molar-refractivity contribution in [1.29, 1.82) is 0 Å². The first kappa shape index (κ1) is 11.1. The predicted molar refractivity (Wildman–Crippen MR) is 59.6 cm³/mol. The predicted octanol–water partition coefficient (Wildman–Crippen LogP) is 1.27. The van der Waals surface area contributed by atoms with Crippen molar-refractivity contribution in [3.05, 3.63) is 29.3 Å². The van der Waals surface area contributed by atoms with Crippen molar-refractivity contribution in [2.45, 2.75) is 12.1 Å². The molecule has 0 bridgehead atoms. The van der Waals surface area contributed by atoms with Gasteiger partial charge >= 0.3 is 0 Å². The molecule has 1 saturated heterocycles. The molecule has 5 heteroatoms.